The van der Waals surface area contributed by atoms with Crippen molar-refractivity contribution in [2.45, 2.75) is 52.4 Å². The van der Waals surface area contributed by atoms with Gasteiger partial charge in [0.05, 0.1) is 11.2 Å². The first-order valence-corrected chi connectivity index (χ1v) is 9.54. The van der Waals surface area contributed by atoms with Gasteiger partial charge in [-0.1, -0.05) is 25.5 Å². The first-order valence-electron chi connectivity index (χ1n) is 7.93. The fourth-order valence-electron chi connectivity index (χ4n) is 3.74. The van der Waals surface area contributed by atoms with E-state index in [0.717, 1.165) is 12.8 Å². The van der Waals surface area contributed by atoms with Gasteiger partial charge in [-0.15, -0.1) is 0 Å². The van der Waals surface area contributed by atoms with Crippen LogP contribution in [0.5, 0.6) is 0 Å². The van der Waals surface area contributed by atoms with Gasteiger partial charge in [0.1, 0.15) is 6.54 Å². The zero-order valence-corrected chi connectivity index (χ0v) is 14.7. The van der Waals surface area contributed by atoms with Crippen molar-refractivity contribution < 1.29 is 17.5 Å². The monoisotopic (exact) mass is 324 g/mol. The molecule has 1 heterocycles. The zero-order chi connectivity index (χ0) is 16.5. The van der Waals surface area contributed by atoms with Gasteiger partial charge in [-0.2, -0.15) is 13.0 Å². The molecule has 0 aliphatic carbocycles. The van der Waals surface area contributed by atoms with Gasteiger partial charge in [-0.25, -0.2) is 0 Å². The summed E-state index contributed by atoms with van der Waals surface area (Å²) < 4.78 is 33.1. The summed E-state index contributed by atoms with van der Waals surface area (Å²) in [6, 6.07) is 6.49. The molecule has 122 valence electrons. The second-order valence-electron chi connectivity index (χ2n) is 6.19. The summed E-state index contributed by atoms with van der Waals surface area (Å²) >= 11 is 0. The molecule has 1 aliphatic rings. The number of nitrogens with zero attached hydrogens (tertiary/aromatic N) is 1. The van der Waals surface area contributed by atoms with Crippen molar-refractivity contribution in [2.75, 3.05) is 12.3 Å². The lowest BCUT2D eigenvalue weighted by Crippen LogP contribution is -2.32. The van der Waals surface area contributed by atoms with Crippen molar-refractivity contribution in [1.82, 2.24) is 0 Å². The van der Waals surface area contributed by atoms with Crippen LogP contribution in [-0.4, -0.2) is 35.6 Å². The highest BCUT2D eigenvalue weighted by Crippen LogP contribution is 2.44. The molecule has 2 rings (SSSR count). The molecule has 5 heteroatoms. The third-order valence-electron chi connectivity index (χ3n) is 5.05. The van der Waals surface area contributed by atoms with E-state index in [-0.39, 0.29) is 11.2 Å². The minimum absolute atomic E-state index is 0.0411. The smallest absolute Gasteiger partial charge is 0.265 e. The van der Waals surface area contributed by atoms with Gasteiger partial charge in [0.25, 0.3) is 10.1 Å². The van der Waals surface area contributed by atoms with E-state index < -0.39 is 10.1 Å². The third-order valence-corrected chi connectivity index (χ3v) is 5.85. The SMILES string of the molecule is CCC1(CC)C(C)=[N+](CCCS(=O)(=O)O)c2ccc(C)cc21. The highest BCUT2D eigenvalue weighted by atomic mass is 32.2. The Bertz CT molecular complexity index is 701. The molecule has 0 bridgehead atoms. The van der Waals surface area contributed by atoms with Gasteiger partial charge >= 0.3 is 0 Å². The number of rotatable bonds is 6. The highest BCUT2D eigenvalue weighted by molar-refractivity contribution is 7.85. The number of fused-ring (bicyclic) bond motifs is 1. The fraction of sp³-hybridized carbons (Fsp3) is 0.588. The molecule has 0 saturated carbocycles. The van der Waals surface area contributed by atoms with Gasteiger partial charge in [0, 0.05) is 25.0 Å². The van der Waals surface area contributed by atoms with Crippen LogP contribution in [0.15, 0.2) is 18.2 Å². The number of hydrogen-bond donors (Lipinski definition) is 1. The van der Waals surface area contributed by atoms with Crippen molar-refractivity contribution in [2.24, 2.45) is 0 Å². The van der Waals surface area contributed by atoms with Crippen LogP contribution in [0.1, 0.15) is 51.2 Å². The molecule has 22 heavy (non-hydrogen) atoms. The Balaban J connectivity index is 2.42. The Morgan fingerprint density at radius 2 is 1.82 bits per heavy atom. The summed E-state index contributed by atoms with van der Waals surface area (Å²) in [6.07, 6.45) is 2.48. The molecule has 4 nitrogen and oxygen atoms in total. The molecular weight excluding hydrogens is 298 g/mol. The van der Waals surface area contributed by atoms with E-state index in [1.54, 1.807) is 0 Å². The minimum atomic E-state index is -3.89. The van der Waals surface area contributed by atoms with Crippen LogP contribution in [-0.2, 0) is 15.5 Å². The first kappa shape index (κ1) is 17.2. The lowest BCUT2D eigenvalue weighted by atomic mass is 9.73. The third kappa shape index (κ3) is 2.97. The standard InChI is InChI=1S/C17H25NO3S/c1-5-17(6-2)14(4)18(10-7-11-22(19,20)21)16-9-8-13(3)12-15(16)17/h8-9,12H,5-7,10-11H2,1-4H3/p+1. The molecular formula is C17H26NO3S+. The normalized spacial score (nSPS) is 17.0. The van der Waals surface area contributed by atoms with Crippen molar-refractivity contribution in [1.29, 1.82) is 0 Å². The number of benzene rings is 1. The molecule has 0 saturated heterocycles. The summed E-state index contributed by atoms with van der Waals surface area (Å²) in [4.78, 5) is 0. The van der Waals surface area contributed by atoms with Gasteiger partial charge in [-0.3, -0.25) is 4.55 Å². The van der Waals surface area contributed by atoms with Crippen LogP contribution in [0.4, 0.5) is 5.69 Å². The van der Waals surface area contributed by atoms with Gasteiger partial charge in [0.15, 0.2) is 5.71 Å². The quantitative estimate of drug-likeness (QED) is 0.644. The van der Waals surface area contributed by atoms with Crippen LogP contribution >= 0.6 is 0 Å². The maximum absolute atomic E-state index is 10.9. The summed E-state index contributed by atoms with van der Waals surface area (Å²) in [5.41, 5.74) is 5.11. The van der Waals surface area contributed by atoms with E-state index in [4.69, 9.17) is 4.55 Å². The average molecular weight is 324 g/mol. The van der Waals surface area contributed by atoms with Crippen molar-refractivity contribution in [3.8, 4) is 0 Å². The Kier molecular flexibility index (Phi) is 4.78. The molecule has 1 aromatic rings. The summed E-state index contributed by atoms with van der Waals surface area (Å²) in [6.45, 7) is 9.29. The fourth-order valence-corrected chi connectivity index (χ4v) is 4.23. The average Bonchev–Trinajstić information content (AvgIpc) is 2.67. The molecule has 1 aromatic carbocycles. The van der Waals surface area contributed by atoms with Crippen molar-refractivity contribution >= 4 is 21.5 Å². The second kappa shape index (κ2) is 6.13. The molecule has 0 unspecified atom stereocenters. The van der Waals surface area contributed by atoms with E-state index in [1.165, 1.54) is 22.5 Å². The molecule has 0 aromatic heterocycles. The van der Waals surface area contributed by atoms with Crippen LogP contribution in [0.25, 0.3) is 0 Å². The minimum Gasteiger partial charge on any atom is -0.286 e. The predicted molar refractivity (Wildman–Crippen MR) is 89.9 cm³/mol. The number of aryl methyl sites for hydroxylation is 1. The van der Waals surface area contributed by atoms with Crippen LogP contribution in [0, 0.1) is 6.92 Å². The lowest BCUT2D eigenvalue weighted by Gasteiger charge is -2.24. The Morgan fingerprint density at radius 1 is 1.18 bits per heavy atom. The van der Waals surface area contributed by atoms with E-state index in [0.29, 0.717) is 13.0 Å². The van der Waals surface area contributed by atoms with Gasteiger partial charge in [-0.05, 0) is 25.8 Å². The van der Waals surface area contributed by atoms with Gasteiger partial charge in [0.2, 0.25) is 5.69 Å². The highest BCUT2D eigenvalue weighted by Gasteiger charge is 2.47. The van der Waals surface area contributed by atoms with Crippen LogP contribution < -0.4 is 0 Å². The predicted octanol–water partition coefficient (Wildman–Crippen LogP) is 3.45. The molecule has 0 fully saturated rings. The van der Waals surface area contributed by atoms with E-state index >= 15 is 0 Å². The summed E-state index contributed by atoms with van der Waals surface area (Å²) in [5, 5.41) is 0. The molecule has 0 amide bonds. The molecule has 1 aliphatic heterocycles. The Morgan fingerprint density at radius 3 is 2.36 bits per heavy atom. The molecule has 0 radical (unpaired) electrons. The topological polar surface area (TPSA) is 57.4 Å². The first-order chi connectivity index (χ1) is 10.2. The molecule has 0 atom stereocenters. The lowest BCUT2D eigenvalue weighted by molar-refractivity contribution is -0.438. The van der Waals surface area contributed by atoms with Crippen LogP contribution in [0.2, 0.25) is 0 Å². The Labute approximate surface area is 133 Å². The number of hydrogen-bond acceptors (Lipinski definition) is 2. The van der Waals surface area contributed by atoms with E-state index in [2.05, 4.69) is 50.5 Å². The molecule has 0 spiro atoms. The Hall–Kier alpha value is -1.20. The summed E-state index contributed by atoms with van der Waals surface area (Å²) in [7, 11) is -3.89. The maximum Gasteiger partial charge on any atom is 0.265 e. The van der Waals surface area contributed by atoms with E-state index in [1.807, 2.05) is 0 Å². The zero-order valence-electron chi connectivity index (χ0n) is 13.9. The van der Waals surface area contributed by atoms with E-state index in [9.17, 15) is 8.42 Å². The van der Waals surface area contributed by atoms with Crippen molar-refractivity contribution in [3.63, 3.8) is 0 Å². The largest absolute Gasteiger partial charge is 0.286 e. The maximum atomic E-state index is 10.9. The molecule has 1 N–H and O–H groups in total. The second-order valence-corrected chi connectivity index (χ2v) is 7.76. The van der Waals surface area contributed by atoms with Gasteiger partial charge < -0.3 is 0 Å². The van der Waals surface area contributed by atoms with Crippen LogP contribution in [0.3, 0.4) is 0 Å². The van der Waals surface area contributed by atoms with Crippen molar-refractivity contribution in [3.05, 3.63) is 29.3 Å². The summed E-state index contributed by atoms with van der Waals surface area (Å²) in [5.74, 6) is -0.191.